The number of benzene rings is 2. The van der Waals surface area contributed by atoms with Gasteiger partial charge in [0.25, 0.3) is 5.91 Å². The molecule has 1 fully saturated rings. The molecular formula is C25H19N3OS3. The minimum atomic E-state index is -0.0647. The number of thioether (sulfide) groups is 1. The van der Waals surface area contributed by atoms with Crippen LogP contribution in [0.1, 0.15) is 16.7 Å². The smallest absolute Gasteiger partial charge is 0.266 e. The number of amides is 1. The minimum Gasteiger partial charge on any atom is -0.288 e. The zero-order valence-electron chi connectivity index (χ0n) is 17.3. The van der Waals surface area contributed by atoms with Crippen molar-refractivity contribution in [3.05, 3.63) is 99.9 Å². The predicted molar refractivity (Wildman–Crippen MR) is 137 cm³/mol. The molecule has 4 aromatic rings. The average molecular weight is 474 g/mol. The molecule has 0 radical (unpaired) electrons. The normalized spacial score (nSPS) is 15.2. The number of nitrogens with zero attached hydrogens (tertiary/aromatic N) is 3. The van der Waals surface area contributed by atoms with E-state index in [1.807, 2.05) is 96.0 Å². The van der Waals surface area contributed by atoms with Crippen LogP contribution in [-0.2, 0) is 11.3 Å². The second kappa shape index (κ2) is 8.86. The SMILES string of the molecule is Cc1ccc(CN2C(=O)/C(=C\c3cn(-c4ccccc4)nc3-c3cccs3)SC2=S)cc1. The Kier molecular flexibility index (Phi) is 5.78. The number of para-hydroxylation sites is 1. The van der Waals surface area contributed by atoms with Gasteiger partial charge in [-0.15, -0.1) is 11.3 Å². The lowest BCUT2D eigenvalue weighted by Gasteiger charge is -2.14. The third-order valence-electron chi connectivity index (χ3n) is 5.14. The number of aromatic nitrogens is 2. The van der Waals surface area contributed by atoms with E-state index in [0.717, 1.165) is 27.4 Å². The molecule has 7 heteroatoms. The molecule has 1 aliphatic rings. The van der Waals surface area contributed by atoms with Gasteiger partial charge in [-0.25, -0.2) is 4.68 Å². The molecule has 3 heterocycles. The first kappa shape index (κ1) is 20.9. The molecule has 4 nitrogen and oxygen atoms in total. The van der Waals surface area contributed by atoms with Crippen molar-refractivity contribution < 1.29 is 4.79 Å². The summed E-state index contributed by atoms with van der Waals surface area (Å²) in [6.07, 6.45) is 3.88. The Labute approximate surface area is 200 Å². The van der Waals surface area contributed by atoms with Crippen LogP contribution in [-0.4, -0.2) is 24.9 Å². The molecule has 1 amide bonds. The molecule has 0 N–H and O–H groups in total. The van der Waals surface area contributed by atoms with Gasteiger partial charge in [-0.05, 0) is 42.1 Å². The van der Waals surface area contributed by atoms with Gasteiger partial charge < -0.3 is 0 Å². The molecule has 0 spiro atoms. The average Bonchev–Trinajstić information content (AvgIpc) is 3.53. The summed E-state index contributed by atoms with van der Waals surface area (Å²) in [7, 11) is 0. The summed E-state index contributed by atoms with van der Waals surface area (Å²) in [5.74, 6) is -0.0647. The maximum absolute atomic E-state index is 13.2. The molecule has 0 unspecified atom stereocenters. The fourth-order valence-corrected chi connectivity index (χ4v) is 5.44. The summed E-state index contributed by atoms with van der Waals surface area (Å²) in [6, 6.07) is 22.2. The van der Waals surface area contributed by atoms with Crippen LogP contribution in [0.4, 0.5) is 0 Å². The van der Waals surface area contributed by atoms with Crippen LogP contribution < -0.4 is 0 Å². The summed E-state index contributed by atoms with van der Waals surface area (Å²) in [6.45, 7) is 2.52. The zero-order chi connectivity index (χ0) is 22.1. The standard InChI is InChI=1S/C25H19N3OS3/c1-17-9-11-18(12-10-17)15-27-24(29)22(32-25(27)30)14-19-16-28(20-6-3-2-4-7-20)26-23(19)21-8-5-13-31-21/h2-14,16H,15H2,1H3/b22-14+. The first-order chi connectivity index (χ1) is 15.6. The lowest BCUT2D eigenvalue weighted by Crippen LogP contribution is -2.27. The topological polar surface area (TPSA) is 38.1 Å². The van der Waals surface area contributed by atoms with E-state index in [9.17, 15) is 4.79 Å². The molecule has 0 bridgehead atoms. The highest BCUT2D eigenvalue weighted by Crippen LogP contribution is 2.36. The zero-order valence-corrected chi connectivity index (χ0v) is 19.7. The summed E-state index contributed by atoms with van der Waals surface area (Å²) in [5, 5.41) is 6.85. The maximum atomic E-state index is 13.2. The van der Waals surface area contributed by atoms with E-state index < -0.39 is 0 Å². The Morgan fingerprint density at radius 2 is 1.81 bits per heavy atom. The Balaban J connectivity index is 1.49. The number of aryl methyl sites for hydroxylation is 1. The van der Waals surface area contributed by atoms with Crippen molar-refractivity contribution in [2.75, 3.05) is 0 Å². The van der Waals surface area contributed by atoms with Gasteiger partial charge in [-0.3, -0.25) is 9.69 Å². The third kappa shape index (κ3) is 4.19. The Hall–Kier alpha value is -3.00. The number of thiocarbonyl (C=S) groups is 1. The van der Waals surface area contributed by atoms with E-state index in [1.165, 1.54) is 17.3 Å². The number of rotatable bonds is 5. The van der Waals surface area contributed by atoms with E-state index in [2.05, 4.69) is 0 Å². The summed E-state index contributed by atoms with van der Waals surface area (Å²) < 4.78 is 2.43. The first-order valence-electron chi connectivity index (χ1n) is 10.1. The van der Waals surface area contributed by atoms with Crippen molar-refractivity contribution in [3.8, 4) is 16.3 Å². The van der Waals surface area contributed by atoms with Crippen molar-refractivity contribution in [1.29, 1.82) is 0 Å². The lowest BCUT2D eigenvalue weighted by atomic mass is 10.1. The Bertz CT molecular complexity index is 1310. The van der Waals surface area contributed by atoms with Crippen LogP contribution in [0, 0.1) is 6.92 Å². The predicted octanol–water partition coefficient (Wildman–Crippen LogP) is 6.31. The van der Waals surface area contributed by atoms with Crippen LogP contribution in [0.15, 0.2) is 83.2 Å². The second-order valence-electron chi connectivity index (χ2n) is 7.44. The van der Waals surface area contributed by atoms with E-state index in [0.29, 0.717) is 15.8 Å². The van der Waals surface area contributed by atoms with Crippen molar-refractivity contribution in [2.45, 2.75) is 13.5 Å². The molecular weight excluding hydrogens is 454 g/mol. The van der Waals surface area contributed by atoms with Gasteiger partial charge >= 0.3 is 0 Å². The number of carbonyl (C=O) groups is 1. The highest BCUT2D eigenvalue weighted by Gasteiger charge is 2.32. The molecule has 32 heavy (non-hydrogen) atoms. The third-order valence-corrected chi connectivity index (χ3v) is 7.39. The van der Waals surface area contributed by atoms with Gasteiger partial charge in [-0.1, -0.05) is 78.1 Å². The van der Waals surface area contributed by atoms with Gasteiger partial charge in [0, 0.05) is 11.8 Å². The number of hydrogen-bond acceptors (Lipinski definition) is 5. The molecule has 158 valence electrons. The highest BCUT2D eigenvalue weighted by molar-refractivity contribution is 8.26. The Morgan fingerprint density at radius 1 is 1.03 bits per heavy atom. The van der Waals surface area contributed by atoms with E-state index in [-0.39, 0.29) is 5.91 Å². The van der Waals surface area contributed by atoms with E-state index in [1.54, 1.807) is 16.2 Å². The largest absolute Gasteiger partial charge is 0.288 e. The van der Waals surface area contributed by atoms with Crippen molar-refractivity contribution in [1.82, 2.24) is 14.7 Å². The number of hydrogen-bond donors (Lipinski definition) is 0. The quantitative estimate of drug-likeness (QED) is 0.251. The van der Waals surface area contributed by atoms with E-state index >= 15 is 0 Å². The molecule has 0 atom stereocenters. The van der Waals surface area contributed by atoms with Crippen LogP contribution >= 0.6 is 35.3 Å². The van der Waals surface area contributed by atoms with Gasteiger partial charge in [-0.2, -0.15) is 5.10 Å². The first-order valence-corrected chi connectivity index (χ1v) is 12.2. The fraction of sp³-hybridized carbons (Fsp3) is 0.0800. The van der Waals surface area contributed by atoms with Crippen molar-refractivity contribution >= 4 is 51.6 Å². The van der Waals surface area contributed by atoms with Gasteiger partial charge in [0.2, 0.25) is 0 Å². The molecule has 2 aromatic heterocycles. The molecule has 2 aromatic carbocycles. The molecule has 0 aliphatic carbocycles. The number of thiophene rings is 1. The molecule has 5 rings (SSSR count). The summed E-state index contributed by atoms with van der Waals surface area (Å²) >= 11 is 8.51. The Morgan fingerprint density at radius 3 is 2.53 bits per heavy atom. The van der Waals surface area contributed by atoms with E-state index in [4.69, 9.17) is 17.3 Å². The fourth-order valence-electron chi connectivity index (χ4n) is 3.46. The second-order valence-corrected chi connectivity index (χ2v) is 10.1. The molecule has 1 aliphatic heterocycles. The summed E-state index contributed by atoms with van der Waals surface area (Å²) in [5.41, 5.74) is 4.97. The van der Waals surface area contributed by atoms with Crippen LogP contribution in [0.5, 0.6) is 0 Å². The van der Waals surface area contributed by atoms with Crippen molar-refractivity contribution in [3.63, 3.8) is 0 Å². The van der Waals surface area contributed by atoms with Gasteiger partial charge in [0.15, 0.2) is 0 Å². The van der Waals surface area contributed by atoms with Gasteiger partial charge in [0.1, 0.15) is 10.0 Å². The molecule has 0 saturated carbocycles. The van der Waals surface area contributed by atoms with Crippen LogP contribution in [0.3, 0.4) is 0 Å². The van der Waals surface area contributed by atoms with Crippen LogP contribution in [0.25, 0.3) is 22.3 Å². The lowest BCUT2D eigenvalue weighted by molar-refractivity contribution is -0.122. The maximum Gasteiger partial charge on any atom is 0.266 e. The monoisotopic (exact) mass is 473 g/mol. The van der Waals surface area contributed by atoms with Gasteiger partial charge in [0.05, 0.1) is 22.0 Å². The highest BCUT2D eigenvalue weighted by atomic mass is 32.2. The van der Waals surface area contributed by atoms with Crippen LogP contribution in [0.2, 0.25) is 0 Å². The summed E-state index contributed by atoms with van der Waals surface area (Å²) in [4.78, 5) is 16.5. The number of carbonyl (C=O) groups excluding carboxylic acids is 1. The molecule has 1 saturated heterocycles. The minimum absolute atomic E-state index is 0.0647. The van der Waals surface area contributed by atoms with Crippen molar-refractivity contribution in [2.24, 2.45) is 0 Å².